The molecule has 0 saturated heterocycles. The fraction of sp³-hybridized carbons (Fsp3) is 0.0345. The van der Waals surface area contributed by atoms with E-state index in [1.807, 2.05) is 0 Å². The number of benzene rings is 5. The van der Waals surface area contributed by atoms with Crippen LogP contribution in [0.4, 0.5) is 0 Å². The molecule has 0 saturated carbocycles. The van der Waals surface area contributed by atoms with Gasteiger partial charge in [-0.3, -0.25) is 0 Å². The second kappa shape index (κ2) is 5.99. The first-order valence-electron chi connectivity index (χ1n) is 10.7. The number of nitrogens with zero attached hydrogens (tertiary/aromatic N) is 2. The van der Waals surface area contributed by atoms with Gasteiger partial charge in [-0.1, -0.05) is 78.9 Å². The molecule has 0 fully saturated rings. The molecule has 0 radical (unpaired) electrons. The number of hydrogen-bond acceptors (Lipinski definition) is 0. The van der Waals surface area contributed by atoms with Gasteiger partial charge < -0.3 is 9.13 Å². The van der Waals surface area contributed by atoms with Gasteiger partial charge in [0.05, 0.1) is 16.6 Å². The smallest absolute Gasteiger partial charge is 0.0791 e. The van der Waals surface area contributed by atoms with E-state index < -0.39 is 0 Å². The van der Waals surface area contributed by atoms with Crippen LogP contribution >= 0.6 is 0 Å². The Hall–Kier alpha value is -4.04. The number of rotatable bonds is 1. The van der Waals surface area contributed by atoms with E-state index in [-0.39, 0.29) is 0 Å². The summed E-state index contributed by atoms with van der Waals surface area (Å²) in [4.78, 5) is 0. The van der Waals surface area contributed by atoms with Crippen molar-refractivity contribution in [2.24, 2.45) is 7.05 Å². The average molecular weight is 396 g/mol. The molecule has 2 heterocycles. The molecule has 0 aliphatic heterocycles. The molecule has 0 unspecified atom stereocenters. The Morgan fingerprint density at radius 1 is 0.452 bits per heavy atom. The maximum Gasteiger partial charge on any atom is 0.0791 e. The molecule has 31 heavy (non-hydrogen) atoms. The molecule has 0 N–H and O–H groups in total. The van der Waals surface area contributed by atoms with Crippen molar-refractivity contribution in [3.63, 3.8) is 0 Å². The summed E-state index contributed by atoms with van der Waals surface area (Å²) >= 11 is 0. The van der Waals surface area contributed by atoms with Gasteiger partial charge in [0, 0.05) is 39.8 Å². The number of para-hydroxylation sites is 3. The summed E-state index contributed by atoms with van der Waals surface area (Å²) in [5.41, 5.74) is 6.26. The first kappa shape index (κ1) is 16.7. The SMILES string of the molecule is Cn1c2ccccc2c2c3ccccc3c3c4ccccc4n(-c4ccccc4)c3c21. The van der Waals surface area contributed by atoms with E-state index in [0.717, 1.165) is 0 Å². The molecule has 0 bridgehead atoms. The summed E-state index contributed by atoms with van der Waals surface area (Å²) in [5.74, 6) is 0. The summed E-state index contributed by atoms with van der Waals surface area (Å²) in [5, 5.41) is 7.90. The normalized spacial score (nSPS) is 12.0. The van der Waals surface area contributed by atoms with Gasteiger partial charge in [0.15, 0.2) is 0 Å². The summed E-state index contributed by atoms with van der Waals surface area (Å²) in [6, 6.07) is 37.2. The maximum atomic E-state index is 2.44. The molecule has 2 aromatic heterocycles. The van der Waals surface area contributed by atoms with Crippen LogP contribution in [0.25, 0.3) is 60.1 Å². The van der Waals surface area contributed by atoms with Crippen molar-refractivity contribution in [2.75, 3.05) is 0 Å². The molecule has 2 nitrogen and oxygen atoms in total. The molecule has 0 amide bonds. The zero-order valence-corrected chi connectivity index (χ0v) is 17.2. The molecule has 0 atom stereocenters. The monoisotopic (exact) mass is 396 g/mol. The van der Waals surface area contributed by atoms with Gasteiger partial charge in [-0.15, -0.1) is 0 Å². The van der Waals surface area contributed by atoms with Crippen molar-refractivity contribution in [3.05, 3.63) is 103 Å². The Labute approximate surface area is 179 Å². The third-order valence-electron chi connectivity index (χ3n) is 6.69. The maximum absolute atomic E-state index is 2.44. The van der Waals surface area contributed by atoms with Crippen LogP contribution < -0.4 is 0 Å². The third kappa shape index (κ3) is 2.06. The first-order chi connectivity index (χ1) is 15.3. The molecular weight excluding hydrogens is 376 g/mol. The highest BCUT2D eigenvalue weighted by Crippen LogP contribution is 2.45. The predicted octanol–water partition coefficient (Wildman–Crippen LogP) is 7.58. The average Bonchev–Trinajstić information content (AvgIpc) is 3.33. The van der Waals surface area contributed by atoms with Crippen LogP contribution in [-0.2, 0) is 7.05 Å². The molecule has 0 aliphatic carbocycles. The number of aromatic nitrogens is 2. The lowest BCUT2D eigenvalue weighted by atomic mass is 9.98. The van der Waals surface area contributed by atoms with Gasteiger partial charge in [0.2, 0.25) is 0 Å². The zero-order valence-electron chi connectivity index (χ0n) is 17.2. The van der Waals surface area contributed by atoms with Crippen molar-refractivity contribution in [1.82, 2.24) is 9.13 Å². The molecular formula is C29H20N2. The minimum absolute atomic E-state index is 1.19. The van der Waals surface area contributed by atoms with Gasteiger partial charge in [-0.05, 0) is 35.0 Å². The predicted molar refractivity (Wildman–Crippen MR) is 132 cm³/mol. The minimum atomic E-state index is 1.19. The van der Waals surface area contributed by atoms with Gasteiger partial charge in [0.1, 0.15) is 0 Å². The van der Waals surface area contributed by atoms with Crippen LogP contribution in [0.3, 0.4) is 0 Å². The standard InChI is InChI=1S/C29H20N2/c1-30-24-17-9-7-15-22(24)26-20-13-5-6-14-21(20)27-23-16-8-10-18-25(23)31(29(27)28(26)30)19-11-3-2-4-12-19/h2-18H,1H3. The highest BCUT2D eigenvalue weighted by atomic mass is 15.0. The van der Waals surface area contributed by atoms with E-state index in [0.29, 0.717) is 0 Å². The number of hydrogen-bond donors (Lipinski definition) is 0. The van der Waals surface area contributed by atoms with Crippen molar-refractivity contribution in [3.8, 4) is 5.69 Å². The van der Waals surface area contributed by atoms with Gasteiger partial charge in [-0.2, -0.15) is 0 Å². The van der Waals surface area contributed by atoms with Crippen LogP contribution in [-0.4, -0.2) is 9.13 Å². The fourth-order valence-corrected chi connectivity index (χ4v) is 5.44. The quantitative estimate of drug-likeness (QED) is 0.271. The molecule has 7 rings (SSSR count). The van der Waals surface area contributed by atoms with E-state index in [4.69, 9.17) is 0 Å². The molecule has 0 aliphatic rings. The lowest BCUT2D eigenvalue weighted by Gasteiger charge is -2.11. The van der Waals surface area contributed by atoms with E-state index in [1.165, 1.54) is 60.1 Å². The summed E-state index contributed by atoms with van der Waals surface area (Å²) in [7, 11) is 2.20. The highest BCUT2D eigenvalue weighted by Gasteiger charge is 2.22. The first-order valence-corrected chi connectivity index (χ1v) is 10.7. The molecule has 2 heteroatoms. The Morgan fingerprint density at radius 3 is 1.61 bits per heavy atom. The molecule has 146 valence electrons. The minimum Gasteiger partial charge on any atom is -0.342 e. The number of aryl methyl sites for hydroxylation is 1. The molecule has 0 spiro atoms. The zero-order chi connectivity index (χ0) is 20.5. The van der Waals surface area contributed by atoms with E-state index in [2.05, 4.69) is 119 Å². The van der Waals surface area contributed by atoms with Crippen LogP contribution in [0.15, 0.2) is 103 Å². The van der Waals surface area contributed by atoms with E-state index in [9.17, 15) is 0 Å². The summed E-state index contributed by atoms with van der Waals surface area (Å²) < 4.78 is 4.82. The lowest BCUT2D eigenvalue weighted by molar-refractivity contribution is 1.01. The van der Waals surface area contributed by atoms with Crippen LogP contribution in [0.5, 0.6) is 0 Å². The highest BCUT2D eigenvalue weighted by molar-refractivity contribution is 6.36. The molecule has 5 aromatic carbocycles. The van der Waals surface area contributed by atoms with Crippen LogP contribution in [0, 0.1) is 0 Å². The Kier molecular flexibility index (Phi) is 3.23. The second-order valence-corrected chi connectivity index (χ2v) is 8.26. The summed E-state index contributed by atoms with van der Waals surface area (Å²) in [6.07, 6.45) is 0. The van der Waals surface area contributed by atoms with Gasteiger partial charge in [-0.25, -0.2) is 0 Å². The Bertz CT molecular complexity index is 1780. The topological polar surface area (TPSA) is 9.86 Å². The second-order valence-electron chi connectivity index (χ2n) is 8.26. The Morgan fingerprint density at radius 2 is 0.935 bits per heavy atom. The van der Waals surface area contributed by atoms with Crippen LogP contribution in [0.2, 0.25) is 0 Å². The van der Waals surface area contributed by atoms with Gasteiger partial charge in [0.25, 0.3) is 0 Å². The van der Waals surface area contributed by atoms with E-state index in [1.54, 1.807) is 0 Å². The van der Waals surface area contributed by atoms with Crippen molar-refractivity contribution >= 4 is 54.4 Å². The van der Waals surface area contributed by atoms with Crippen LogP contribution in [0.1, 0.15) is 0 Å². The molecule has 7 aromatic rings. The Balaban J connectivity index is 1.92. The largest absolute Gasteiger partial charge is 0.342 e. The fourth-order valence-electron chi connectivity index (χ4n) is 5.44. The van der Waals surface area contributed by atoms with E-state index >= 15 is 0 Å². The van der Waals surface area contributed by atoms with Crippen molar-refractivity contribution in [2.45, 2.75) is 0 Å². The van der Waals surface area contributed by atoms with Gasteiger partial charge >= 0.3 is 0 Å². The van der Waals surface area contributed by atoms with Crippen molar-refractivity contribution in [1.29, 1.82) is 0 Å². The third-order valence-corrected chi connectivity index (χ3v) is 6.69. The van der Waals surface area contributed by atoms with Crippen molar-refractivity contribution < 1.29 is 0 Å². The number of fused-ring (bicyclic) bond motifs is 10. The summed E-state index contributed by atoms with van der Waals surface area (Å²) in [6.45, 7) is 0. The lowest BCUT2D eigenvalue weighted by Crippen LogP contribution is -1.96.